The zero-order valence-corrected chi connectivity index (χ0v) is 21.8. The fraction of sp³-hybridized carbons (Fsp3) is 0.458. The van der Waals surface area contributed by atoms with E-state index in [0.29, 0.717) is 11.2 Å². The van der Waals surface area contributed by atoms with Gasteiger partial charge in [0.15, 0.2) is 10.7 Å². The number of halogens is 3. The van der Waals surface area contributed by atoms with Crippen molar-refractivity contribution >= 4 is 32.3 Å². The SMILES string of the molecule is CCS(=O)(=NC(=O)C(C)(C)C)c1nn2c(C3CC3)ccnc2c1-c1nc2cc(C(F)(F)F)ncc2n1C. The fourth-order valence-corrected chi connectivity index (χ4v) is 5.78. The lowest BCUT2D eigenvalue weighted by Crippen LogP contribution is -2.21. The Morgan fingerprint density at radius 1 is 1.22 bits per heavy atom. The molecule has 4 heterocycles. The van der Waals surface area contributed by atoms with E-state index in [0.717, 1.165) is 30.8 Å². The van der Waals surface area contributed by atoms with Crippen molar-refractivity contribution in [2.45, 2.75) is 57.7 Å². The molecule has 9 nitrogen and oxygen atoms in total. The molecule has 5 rings (SSSR count). The Morgan fingerprint density at radius 2 is 1.92 bits per heavy atom. The van der Waals surface area contributed by atoms with Crippen molar-refractivity contribution in [1.29, 1.82) is 0 Å². The third-order valence-electron chi connectivity index (χ3n) is 6.36. The number of aryl methyl sites for hydroxylation is 1. The Morgan fingerprint density at radius 3 is 2.51 bits per heavy atom. The van der Waals surface area contributed by atoms with Crippen LogP contribution < -0.4 is 0 Å². The van der Waals surface area contributed by atoms with Gasteiger partial charge in [-0.3, -0.25) is 4.79 Å². The molecular weight excluding hydrogens is 507 g/mol. The number of amides is 1. The summed E-state index contributed by atoms with van der Waals surface area (Å²) in [6, 6.07) is 2.71. The van der Waals surface area contributed by atoms with Crippen molar-refractivity contribution < 1.29 is 22.2 Å². The van der Waals surface area contributed by atoms with Gasteiger partial charge in [-0.25, -0.2) is 23.7 Å². The number of pyridine rings is 1. The van der Waals surface area contributed by atoms with Crippen molar-refractivity contribution in [1.82, 2.24) is 29.1 Å². The molecule has 1 saturated carbocycles. The summed E-state index contributed by atoms with van der Waals surface area (Å²) in [5, 5.41) is 4.72. The molecule has 1 atom stereocenters. The smallest absolute Gasteiger partial charge is 0.326 e. The summed E-state index contributed by atoms with van der Waals surface area (Å²) in [6.45, 7) is 6.70. The molecule has 13 heteroatoms. The standard InChI is InChI=1S/C24H26F3N7O2S/c1-6-37(36,32-22(35)23(2,3)4)21-18(19-28-10-9-15(13-7-8-13)34(19)31-21)20-30-14-11-17(24(25,26)27)29-12-16(14)33(20)5/h9-13H,6-8H2,1-5H3. The van der Waals surface area contributed by atoms with E-state index in [4.69, 9.17) is 0 Å². The topological polar surface area (TPSA) is 107 Å². The van der Waals surface area contributed by atoms with Gasteiger partial charge in [-0.05, 0) is 25.0 Å². The second-order valence-electron chi connectivity index (χ2n) is 10.2. The monoisotopic (exact) mass is 533 g/mol. The second-order valence-corrected chi connectivity index (χ2v) is 12.6. The predicted octanol–water partition coefficient (Wildman–Crippen LogP) is 4.99. The van der Waals surface area contributed by atoms with E-state index in [1.165, 1.54) is 0 Å². The highest BCUT2D eigenvalue weighted by atomic mass is 32.2. The maximum absolute atomic E-state index is 14.3. The lowest BCUT2D eigenvalue weighted by Gasteiger charge is -2.14. The van der Waals surface area contributed by atoms with E-state index in [1.54, 1.807) is 50.0 Å². The molecule has 37 heavy (non-hydrogen) atoms. The van der Waals surface area contributed by atoms with Crippen LogP contribution in [0, 0.1) is 5.41 Å². The Hall–Kier alpha value is -3.35. The first kappa shape index (κ1) is 25.3. The first-order valence-electron chi connectivity index (χ1n) is 11.8. The number of rotatable bonds is 4. The van der Waals surface area contributed by atoms with Crippen LogP contribution in [0.5, 0.6) is 0 Å². The average Bonchev–Trinajstić information content (AvgIpc) is 3.52. The van der Waals surface area contributed by atoms with Gasteiger partial charge in [0, 0.05) is 36.0 Å². The minimum Gasteiger partial charge on any atom is -0.326 e. The van der Waals surface area contributed by atoms with Gasteiger partial charge >= 0.3 is 6.18 Å². The number of aromatic nitrogens is 6. The maximum atomic E-state index is 14.3. The van der Waals surface area contributed by atoms with Gasteiger partial charge < -0.3 is 4.57 Å². The molecule has 0 bridgehead atoms. The van der Waals surface area contributed by atoms with Crippen LogP contribution in [0.1, 0.15) is 57.8 Å². The summed E-state index contributed by atoms with van der Waals surface area (Å²) in [7, 11) is -1.75. The van der Waals surface area contributed by atoms with Gasteiger partial charge in [0.1, 0.15) is 21.2 Å². The maximum Gasteiger partial charge on any atom is 0.433 e. The van der Waals surface area contributed by atoms with Gasteiger partial charge in [0.25, 0.3) is 5.91 Å². The molecule has 4 aromatic rings. The zero-order valence-electron chi connectivity index (χ0n) is 21.0. The highest BCUT2D eigenvalue weighted by molar-refractivity contribution is 7.94. The van der Waals surface area contributed by atoms with Crippen molar-refractivity contribution in [2.75, 3.05) is 5.75 Å². The summed E-state index contributed by atoms with van der Waals surface area (Å²) in [4.78, 5) is 25.4. The van der Waals surface area contributed by atoms with Crippen LogP contribution in [0.4, 0.5) is 13.2 Å². The van der Waals surface area contributed by atoms with Crippen LogP contribution in [-0.4, -0.2) is 45.0 Å². The highest BCUT2D eigenvalue weighted by Gasteiger charge is 2.35. The molecule has 196 valence electrons. The lowest BCUT2D eigenvalue weighted by atomic mass is 9.96. The molecule has 0 spiro atoms. The molecule has 0 aromatic carbocycles. The number of fused-ring (bicyclic) bond motifs is 2. The summed E-state index contributed by atoms with van der Waals surface area (Å²) in [5.74, 6) is -0.0763. The molecule has 4 aromatic heterocycles. The number of carbonyl (C=O) groups excluding carboxylic acids is 1. The largest absolute Gasteiger partial charge is 0.433 e. The van der Waals surface area contributed by atoms with Gasteiger partial charge in [-0.2, -0.15) is 22.6 Å². The number of nitrogens with zero attached hydrogens (tertiary/aromatic N) is 7. The van der Waals surface area contributed by atoms with Crippen LogP contribution in [0.2, 0.25) is 0 Å². The lowest BCUT2D eigenvalue weighted by molar-refractivity contribution is -0.141. The van der Waals surface area contributed by atoms with E-state index in [-0.39, 0.29) is 33.6 Å². The first-order valence-corrected chi connectivity index (χ1v) is 13.5. The first-order chi connectivity index (χ1) is 17.2. The molecule has 0 radical (unpaired) electrons. The number of carbonyl (C=O) groups is 1. The molecule has 1 unspecified atom stereocenters. The molecule has 0 N–H and O–H groups in total. The van der Waals surface area contributed by atoms with E-state index >= 15 is 0 Å². The zero-order chi connectivity index (χ0) is 26.9. The Bertz CT molecular complexity index is 1680. The van der Waals surface area contributed by atoms with Gasteiger partial charge in [-0.15, -0.1) is 0 Å². The minimum atomic E-state index is -4.63. The van der Waals surface area contributed by atoms with Crippen molar-refractivity contribution in [3.05, 3.63) is 35.9 Å². The third kappa shape index (κ3) is 4.28. The summed E-state index contributed by atoms with van der Waals surface area (Å²) in [5.41, 5.74) is -0.0362. The Kier molecular flexibility index (Phi) is 5.70. The van der Waals surface area contributed by atoms with E-state index in [1.807, 2.05) is 6.07 Å². The molecule has 1 fully saturated rings. The average molecular weight is 534 g/mol. The molecular formula is C24H26F3N7O2S. The summed E-state index contributed by atoms with van der Waals surface area (Å²) < 4.78 is 61.6. The van der Waals surface area contributed by atoms with E-state index in [2.05, 4.69) is 24.4 Å². The number of hydrogen-bond donors (Lipinski definition) is 0. The van der Waals surface area contributed by atoms with Crippen molar-refractivity contribution in [3.8, 4) is 11.4 Å². The van der Waals surface area contributed by atoms with Gasteiger partial charge in [0.2, 0.25) is 0 Å². The van der Waals surface area contributed by atoms with Crippen LogP contribution in [0.3, 0.4) is 0 Å². The number of hydrogen-bond acceptors (Lipinski definition) is 6. The fourth-order valence-electron chi connectivity index (χ4n) is 4.03. The van der Waals surface area contributed by atoms with E-state index < -0.39 is 32.9 Å². The van der Waals surface area contributed by atoms with Gasteiger partial charge in [-0.1, -0.05) is 27.7 Å². The van der Waals surface area contributed by atoms with Crippen LogP contribution >= 0.6 is 0 Å². The van der Waals surface area contributed by atoms with Crippen LogP contribution in [0.25, 0.3) is 28.1 Å². The third-order valence-corrected chi connectivity index (χ3v) is 8.49. The molecule has 1 aliphatic rings. The molecule has 0 saturated heterocycles. The normalized spacial score (nSPS) is 16.3. The quantitative estimate of drug-likeness (QED) is 0.366. The Balaban J connectivity index is 1.85. The second kappa shape index (κ2) is 8.33. The molecule has 0 aliphatic heterocycles. The predicted molar refractivity (Wildman–Crippen MR) is 131 cm³/mol. The minimum absolute atomic E-state index is 0.00577. The van der Waals surface area contributed by atoms with Crippen molar-refractivity contribution in [3.63, 3.8) is 0 Å². The number of alkyl halides is 3. The summed E-state index contributed by atoms with van der Waals surface area (Å²) in [6.07, 6.45) is 0.0312. The summed E-state index contributed by atoms with van der Waals surface area (Å²) >= 11 is 0. The van der Waals surface area contributed by atoms with Crippen LogP contribution in [0.15, 0.2) is 33.9 Å². The van der Waals surface area contributed by atoms with Gasteiger partial charge in [0.05, 0.1) is 22.8 Å². The van der Waals surface area contributed by atoms with Crippen molar-refractivity contribution in [2.24, 2.45) is 16.8 Å². The highest BCUT2D eigenvalue weighted by Crippen LogP contribution is 2.42. The Labute approximate surface area is 211 Å². The number of imidazole rings is 1. The van der Waals surface area contributed by atoms with Crippen LogP contribution in [-0.2, 0) is 27.7 Å². The van der Waals surface area contributed by atoms with E-state index in [9.17, 15) is 22.2 Å². The molecule has 1 amide bonds. The molecule has 1 aliphatic carbocycles.